The monoisotopic (exact) mass is 1020 g/mol. The van der Waals surface area contributed by atoms with E-state index in [9.17, 15) is 30.3 Å². The molecule has 0 aromatic heterocycles. The van der Waals surface area contributed by atoms with E-state index in [2.05, 4.69) is 104 Å². The molecule has 0 bridgehead atoms. The summed E-state index contributed by atoms with van der Waals surface area (Å²) in [6.07, 6.45) is 67.5. The summed E-state index contributed by atoms with van der Waals surface area (Å²) >= 11 is 0. The standard InChI is InChI=1S/C64H113NO8/c1-3-5-7-9-11-13-15-17-19-21-23-24-25-26-27-28-29-30-31-32-33-34-36-38-40-42-44-46-48-50-52-54-60(68)65-57(56-72-64-63(71)62(70)61(69)59(55-66)73-64)58(67)53-51-49-47-45-43-41-39-37-35-22-20-18-16-14-12-10-8-6-4-2/h5,7,11,13,17,19,23-24,26-27,29-30,32-33,57-59,61-64,66-67,69-71H,3-4,6,8-10,12,14-16,18,20-22,25,28,31,34-56H2,1-2H3,(H,65,68)/b7-5-,13-11-,19-17-,24-23-,27-26-,30-29-,33-32-. The first-order chi connectivity index (χ1) is 35.8. The fraction of sp³-hybridized carbons (Fsp3) is 0.766. The summed E-state index contributed by atoms with van der Waals surface area (Å²) in [6, 6.07) is -0.728. The van der Waals surface area contributed by atoms with Crippen LogP contribution in [0.1, 0.15) is 258 Å². The van der Waals surface area contributed by atoms with Gasteiger partial charge in [0.1, 0.15) is 24.4 Å². The van der Waals surface area contributed by atoms with E-state index >= 15 is 0 Å². The average Bonchev–Trinajstić information content (AvgIpc) is 3.39. The minimum atomic E-state index is -1.56. The highest BCUT2D eigenvalue weighted by Gasteiger charge is 2.44. The van der Waals surface area contributed by atoms with E-state index in [4.69, 9.17) is 9.47 Å². The second-order valence-electron chi connectivity index (χ2n) is 20.8. The highest BCUT2D eigenvalue weighted by atomic mass is 16.7. The number of aliphatic hydroxyl groups is 5. The third kappa shape index (κ3) is 42.2. The number of amides is 1. The summed E-state index contributed by atoms with van der Waals surface area (Å²) in [5, 5.41) is 54.7. The molecule has 0 spiro atoms. The molecule has 9 nitrogen and oxygen atoms in total. The van der Waals surface area contributed by atoms with Crippen molar-refractivity contribution >= 4 is 5.91 Å². The van der Waals surface area contributed by atoms with Crippen LogP contribution in [-0.4, -0.2) is 87.5 Å². The van der Waals surface area contributed by atoms with Crippen LogP contribution in [-0.2, 0) is 14.3 Å². The Balaban J connectivity index is 2.19. The van der Waals surface area contributed by atoms with Crippen molar-refractivity contribution in [1.29, 1.82) is 0 Å². The van der Waals surface area contributed by atoms with Crippen molar-refractivity contribution in [3.63, 3.8) is 0 Å². The fourth-order valence-corrected chi connectivity index (χ4v) is 9.26. The summed E-state index contributed by atoms with van der Waals surface area (Å²) in [6.45, 7) is 3.74. The molecule has 1 aliphatic heterocycles. The Morgan fingerprint density at radius 2 is 0.849 bits per heavy atom. The molecular weight excluding hydrogens is 911 g/mol. The van der Waals surface area contributed by atoms with Gasteiger partial charge >= 0.3 is 0 Å². The van der Waals surface area contributed by atoms with Gasteiger partial charge in [0.05, 0.1) is 25.4 Å². The topological polar surface area (TPSA) is 149 Å². The highest BCUT2D eigenvalue weighted by molar-refractivity contribution is 5.76. The van der Waals surface area contributed by atoms with Crippen LogP contribution in [0, 0.1) is 0 Å². The van der Waals surface area contributed by atoms with Crippen LogP contribution < -0.4 is 5.32 Å². The normalized spacial score (nSPS) is 19.7. The maximum absolute atomic E-state index is 13.1. The molecule has 7 unspecified atom stereocenters. The summed E-state index contributed by atoms with van der Waals surface area (Å²) in [7, 11) is 0. The van der Waals surface area contributed by atoms with Crippen LogP contribution in [0.15, 0.2) is 85.1 Å². The second-order valence-corrected chi connectivity index (χ2v) is 20.8. The average molecular weight is 1020 g/mol. The van der Waals surface area contributed by atoms with Crippen molar-refractivity contribution < 1.29 is 39.8 Å². The molecule has 1 saturated heterocycles. The highest BCUT2D eigenvalue weighted by Crippen LogP contribution is 2.23. The van der Waals surface area contributed by atoms with Crippen LogP contribution in [0.2, 0.25) is 0 Å². The van der Waals surface area contributed by atoms with E-state index < -0.39 is 49.5 Å². The van der Waals surface area contributed by atoms with E-state index in [0.29, 0.717) is 12.8 Å². The molecule has 9 heteroatoms. The van der Waals surface area contributed by atoms with Crippen molar-refractivity contribution in [3.8, 4) is 0 Å². The van der Waals surface area contributed by atoms with Gasteiger partial charge in [-0.05, 0) is 70.6 Å². The maximum atomic E-state index is 13.1. The lowest BCUT2D eigenvalue weighted by atomic mass is 9.99. The summed E-state index contributed by atoms with van der Waals surface area (Å²) in [5.41, 5.74) is 0. The number of carbonyl (C=O) groups excluding carboxylic acids is 1. The molecule has 1 rings (SSSR count). The molecule has 0 aromatic carbocycles. The first-order valence-electron chi connectivity index (χ1n) is 30.3. The number of aliphatic hydroxyl groups excluding tert-OH is 5. The predicted octanol–water partition coefficient (Wildman–Crippen LogP) is 15.4. The first-order valence-corrected chi connectivity index (χ1v) is 30.3. The summed E-state index contributed by atoms with van der Waals surface area (Å²) in [4.78, 5) is 13.1. The van der Waals surface area contributed by atoms with E-state index in [1.54, 1.807) is 0 Å². The van der Waals surface area contributed by atoms with Crippen LogP contribution in [0.3, 0.4) is 0 Å². The smallest absolute Gasteiger partial charge is 0.220 e. The molecule has 0 aromatic rings. The Morgan fingerprint density at radius 3 is 1.26 bits per heavy atom. The molecule has 0 saturated carbocycles. The largest absolute Gasteiger partial charge is 0.394 e. The third-order valence-electron chi connectivity index (χ3n) is 14.0. The summed E-state index contributed by atoms with van der Waals surface area (Å²) in [5.74, 6) is -0.152. The number of ether oxygens (including phenoxy) is 2. The maximum Gasteiger partial charge on any atom is 0.220 e. The molecule has 1 aliphatic rings. The summed E-state index contributed by atoms with van der Waals surface area (Å²) < 4.78 is 11.3. The lowest BCUT2D eigenvalue weighted by molar-refractivity contribution is -0.302. The number of unbranched alkanes of at least 4 members (excludes halogenated alkanes) is 27. The molecular formula is C64H113NO8. The van der Waals surface area contributed by atoms with Crippen LogP contribution in [0.4, 0.5) is 0 Å². The van der Waals surface area contributed by atoms with Gasteiger partial charge < -0.3 is 40.3 Å². The van der Waals surface area contributed by atoms with Gasteiger partial charge in [-0.1, -0.05) is 266 Å². The Morgan fingerprint density at radius 1 is 0.479 bits per heavy atom. The lowest BCUT2D eigenvalue weighted by Crippen LogP contribution is -2.60. The van der Waals surface area contributed by atoms with Gasteiger partial charge in [-0.3, -0.25) is 4.79 Å². The molecule has 6 N–H and O–H groups in total. The molecule has 422 valence electrons. The van der Waals surface area contributed by atoms with Crippen LogP contribution >= 0.6 is 0 Å². The van der Waals surface area contributed by atoms with E-state index in [1.807, 2.05) is 0 Å². The van der Waals surface area contributed by atoms with E-state index in [-0.39, 0.29) is 12.5 Å². The van der Waals surface area contributed by atoms with Crippen LogP contribution in [0.25, 0.3) is 0 Å². The number of carbonyl (C=O) groups is 1. The van der Waals surface area contributed by atoms with Crippen molar-refractivity contribution in [2.45, 2.75) is 301 Å². The van der Waals surface area contributed by atoms with Crippen molar-refractivity contribution in [2.75, 3.05) is 13.2 Å². The molecule has 1 fully saturated rings. The Hall–Kier alpha value is -2.63. The van der Waals surface area contributed by atoms with E-state index in [1.165, 1.54) is 141 Å². The minimum absolute atomic E-state index is 0.144. The second kappa shape index (κ2) is 52.8. The fourth-order valence-electron chi connectivity index (χ4n) is 9.26. The van der Waals surface area contributed by atoms with Crippen molar-refractivity contribution in [2.24, 2.45) is 0 Å². The van der Waals surface area contributed by atoms with Gasteiger partial charge in [0, 0.05) is 6.42 Å². The van der Waals surface area contributed by atoms with Gasteiger partial charge in [0.2, 0.25) is 5.91 Å². The molecule has 0 aliphatic carbocycles. The number of allylic oxidation sites excluding steroid dienone is 14. The van der Waals surface area contributed by atoms with Gasteiger partial charge in [-0.25, -0.2) is 0 Å². The zero-order valence-electron chi connectivity index (χ0n) is 46.9. The third-order valence-corrected chi connectivity index (χ3v) is 14.0. The van der Waals surface area contributed by atoms with Gasteiger partial charge in [-0.15, -0.1) is 0 Å². The van der Waals surface area contributed by atoms with Gasteiger partial charge in [0.15, 0.2) is 6.29 Å². The molecule has 1 amide bonds. The van der Waals surface area contributed by atoms with Gasteiger partial charge in [0.25, 0.3) is 0 Å². The number of hydrogen-bond acceptors (Lipinski definition) is 8. The molecule has 73 heavy (non-hydrogen) atoms. The Labute approximate surface area is 448 Å². The van der Waals surface area contributed by atoms with Crippen LogP contribution in [0.5, 0.6) is 0 Å². The van der Waals surface area contributed by atoms with Crippen molar-refractivity contribution in [3.05, 3.63) is 85.1 Å². The molecule has 0 radical (unpaired) electrons. The van der Waals surface area contributed by atoms with E-state index in [0.717, 1.165) is 89.9 Å². The lowest BCUT2D eigenvalue weighted by Gasteiger charge is -2.40. The zero-order chi connectivity index (χ0) is 52.9. The zero-order valence-corrected chi connectivity index (χ0v) is 46.9. The SMILES string of the molecule is CC/C=C\C/C=C\C/C=C\C/C=C\C/C=C\C/C=C\C/C=C\CCCCCCCCCCCC(=O)NC(COC1OC(CO)C(O)C(O)C1O)C(O)CCCCCCCCCCCCCCCCCCCCC. The minimum Gasteiger partial charge on any atom is -0.394 e. The van der Waals surface area contributed by atoms with Crippen molar-refractivity contribution in [1.82, 2.24) is 5.32 Å². The number of nitrogens with one attached hydrogen (secondary N) is 1. The molecule has 1 heterocycles. The number of hydrogen-bond donors (Lipinski definition) is 6. The predicted molar refractivity (Wildman–Crippen MR) is 308 cm³/mol. The number of rotatable bonds is 51. The first kappa shape index (κ1) is 68.4. The Bertz CT molecular complexity index is 1420. The quantitative estimate of drug-likeness (QED) is 0.0261. The molecule has 7 atom stereocenters. The Kier molecular flexibility index (Phi) is 49.5. The van der Waals surface area contributed by atoms with Gasteiger partial charge in [-0.2, -0.15) is 0 Å².